The smallest absolute Gasteiger partial charge is 0.238 e. The van der Waals surface area contributed by atoms with E-state index < -0.39 is 0 Å². The second kappa shape index (κ2) is 9.98. The van der Waals surface area contributed by atoms with Crippen molar-refractivity contribution in [2.45, 2.75) is 39.5 Å². The Morgan fingerprint density at radius 1 is 1.15 bits per heavy atom. The third-order valence-electron chi connectivity index (χ3n) is 7.05. The Kier molecular flexibility index (Phi) is 6.81. The molecule has 8 heteroatoms. The van der Waals surface area contributed by atoms with Crippen molar-refractivity contribution in [3.63, 3.8) is 0 Å². The molecule has 2 aromatic heterocycles. The molecule has 1 aromatic carbocycles. The molecule has 1 aliphatic heterocycles. The largest absolute Gasteiger partial charge is 0.383 e. The Hall–Kier alpha value is -2.55. The quantitative estimate of drug-likeness (QED) is 0.564. The number of nitrogens with two attached hydrogens (primary N) is 1. The molecule has 7 nitrogen and oxygen atoms in total. The standard InChI is InChI=1S/C26H34N6OS/c1-17-3-6-19(7-4-17)28-23(33)16-32-13-11-31(12-14-32)10-9-22-29-25(27)24-20-8-5-18(2)15-21(20)34-26(24)30-22/h3-4,6-7,18H,5,8-16H2,1-2H3,(H,28,33)(H2,27,29,30)/t18-/m0/s1. The van der Waals surface area contributed by atoms with Gasteiger partial charge in [-0.25, -0.2) is 9.97 Å². The van der Waals surface area contributed by atoms with Gasteiger partial charge in [-0.15, -0.1) is 11.3 Å². The molecule has 1 atom stereocenters. The summed E-state index contributed by atoms with van der Waals surface area (Å²) in [5, 5.41) is 4.10. The van der Waals surface area contributed by atoms with Gasteiger partial charge < -0.3 is 16.0 Å². The van der Waals surface area contributed by atoms with E-state index in [1.165, 1.54) is 22.4 Å². The van der Waals surface area contributed by atoms with Gasteiger partial charge in [-0.05, 0) is 49.8 Å². The summed E-state index contributed by atoms with van der Waals surface area (Å²) in [4.78, 5) is 29.1. The van der Waals surface area contributed by atoms with Gasteiger partial charge in [0.05, 0.1) is 11.9 Å². The number of rotatable bonds is 6. The zero-order valence-electron chi connectivity index (χ0n) is 20.1. The lowest BCUT2D eigenvalue weighted by Gasteiger charge is -2.34. The van der Waals surface area contributed by atoms with Crippen LogP contribution < -0.4 is 11.1 Å². The van der Waals surface area contributed by atoms with Crippen molar-refractivity contribution in [2.24, 2.45) is 5.92 Å². The fraction of sp³-hybridized carbons (Fsp3) is 0.500. The van der Waals surface area contributed by atoms with E-state index >= 15 is 0 Å². The molecule has 1 fully saturated rings. The number of aryl methyl sites for hydroxylation is 2. The summed E-state index contributed by atoms with van der Waals surface area (Å²) in [6.07, 6.45) is 4.25. The summed E-state index contributed by atoms with van der Waals surface area (Å²) in [6.45, 7) is 9.37. The number of carbonyl (C=O) groups excluding carboxylic acids is 1. The number of anilines is 2. The van der Waals surface area contributed by atoms with Crippen molar-refractivity contribution in [3.8, 4) is 0 Å². The van der Waals surface area contributed by atoms with E-state index in [0.717, 1.165) is 79.6 Å². The number of hydrogen-bond donors (Lipinski definition) is 2. The van der Waals surface area contributed by atoms with Crippen molar-refractivity contribution in [1.82, 2.24) is 19.8 Å². The number of piperazine rings is 1. The summed E-state index contributed by atoms with van der Waals surface area (Å²) >= 11 is 1.81. The zero-order chi connectivity index (χ0) is 23.7. The molecule has 0 saturated carbocycles. The van der Waals surface area contributed by atoms with E-state index in [9.17, 15) is 4.79 Å². The number of hydrogen-bond acceptors (Lipinski definition) is 7. The van der Waals surface area contributed by atoms with Crippen LogP contribution in [0.25, 0.3) is 10.2 Å². The van der Waals surface area contributed by atoms with E-state index in [4.69, 9.17) is 10.7 Å². The lowest BCUT2D eigenvalue weighted by molar-refractivity contribution is -0.117. The van der Waals surface area contributed by atoms with E-state index in [1.54, 1.807) is 0 Å². The lowest BCUT2D eigenvalue weighted by Crippen LogP contribution is -2.49. The summed E-state index contributed by atoms with van der Waals surface area (Å²) in [7, 11) is 0. The minimum absolute atomic E-state index is 0.0440. The molecule has 1 saturated heterocycles. The lowest BCUT2D eigenvalue weighted by atomic mass is 9.89. The fourth-order valence-corrected chi connectivity index (χ4v) is 6.41. The first-order valence-electron chi connectivity index (χ1n) is 12.3. The van der Waals surface area contributed by atoms with Gasteiger partial charge in [0.25, 0.3) is 0 Å². The van der Waals surface area contributed by atoms with E-state index in [0.29, 0.717) is 12.4 Å². The number of carbonyl (C=O) groups is 1. The average molecular weight is 479 g/mol. The van der Waals surface area contributed by atoms with Crippen LogP contribution in [0, 0.1) is 12.8 Å². The molecule has 3 aromatic rings. The van der Waals surface area contributed by atoms with E-state index in [2.05, 4.69) is 27.0 Å². The Morgan fingerprint density at radius 2 is 1.88 bits per heavy atom. The highest BCUT2D eigenvalue weighted by Crippen LogP contribution is 2.39. The number of benzene rings is 1. The molecule has 1 amide bonds. The van der Waals surface area contributed by atoms with Crippen LogP contribution in [0.15, 0.2) is 24.3 Å². The van der Waals surface area contributed by atoms with Crippen LogP contribution in [0.2, 0.25) is 0 Å². The third-order valence-corrected chi connectivity index (χ3v) is 8.20. The van der Waals surface area contributed by atoms with Crippen molar-refractivity contribution in [1.29, 1.82) is 0 Å². The highest BCUT2D eigenvalue weighted by Gasteiger charge is 2.24. The maximum atomic E-state index is 12.4. The first kappa shape index (κ1) is 23.2. The predicted molar refractivity (Wildman–Crippen MR) is 139 cm³/mol. The van der Waals surface area contributed by atoms with E-state index in [-0.39, 0.29) is 5.91 Å². The van der Waals surface area contributed by atoms with Gasteiger partial charge in [0, 0.05) is 49.7 Å². The molecule has 34 heavy (non-hydrogen) atoms. The predicted octanol–water partition coefficient (Wildman–Crippen LogP) is 3.51. The Balaban J connectivity index is 1.11. The summed E-state index contributed by atoms with van der Waals surface area (Å²) < 4.78 is 0. The maximum absolute atomic E-state index is 12.4. The highest BCUT2D eigenvalue weighted by atomic mass is 32.1. The summed E-state index contributed by atoms with van der Waals surface area (Å²) in [5.74, 6) is 2.28. The van der Waals surface area contributed by atoms with Crippen molar-refractivity contribution < 1.29 is 4.79 Å². The van der Waals surface area contributed by atoms with Crippen LogP contribution in [0.5, 0.6) is 0 Å². The third kappa shape index (κ3) is 5.24. The molecule has 0 unspecified atom stereocenters. The number of fused-ring (bicyclic) bond motifs is 3. The van der Waals surface area contributed by atoms with Gasteiger partial charge in [-0.3, -0.25) is 9.69 Å². The Labute approximate surface area is 205 Å². The summed E-state index contributed by atoms with van der Waals surface area (Å²) in [5.41, 5.74) is 9.83. The van der Waals surface area contributed by atoms with Crippen LogP contribution in [0.4, 0.5) is 11.5 Å². The molecule has 3 N–H and O–H groups in total. The first-order chi connectivity index (χ1) is 16.4. The van der Waals surface area contributed by atoms with Crippen LogP contribution in [0.1, 0.15) is 35.2 Å². The van der Waals surface area contributed by atoms with Gasteiger partial charge in [0.2, 0.25) is 5.91 Å². The molecule has 5 rings (SSSR count). The Bertz CT molecular complexity index is 1170. The van der Waals surface area contributed by atoms with Gasteiger partial charge in [-0.2, -0.15) is 0 Å². The van der Waals surface area contributed by atoms with Crippen LogP contribution in [0.3, 0.4) is 0 Å². The van der Waals surface area contributed by atoms with Crippen molar-refractivity contribution >= 4 is 39.0 Å². The number of nitrogens with zero attached hydrogens (tertiary/aromatic N) is 4. The molecule has 0 radical (unpaired) electrons. The molecular weight excluding hydrogens is 444 g/mol. The van der Waals surface area contributed by atoms with Gasteiger partial charge in [-0.1, -0.05) is 24.6 Å². The minimum Gasteiger partial charge on any atom is -0.383 e. The molecule has 3 heterocycles. The van der Waals surface area contributed by atoms with Crippen LogP contribution in [-0.2, 0) is 24.1 Å². The van der Waals surface area contributed by atoms with Crippen molar-refractivity contribution in [2.75, 3.05) is 50.3 Å². The highest BCUT2D eigenvalue weighted by molar-refractivity contribution is 7.19. The minimum atomic E-state index is 0.0440. The van der Waals surface area contributed by atoms with Gasteiger partial charge in [0.1, 0.15) is 16.5 Å². The first-order valence-corrected chi connectivity index (χ1v) is 13.1. The SMILES string of the molecule is Cc1ccc(NC(=O)CN2CCN(CCc3nc(N)c4c5c(sc4n3)C[C@@H](C)CC5)CC2)cc1. The number of thiophene rings is 1. The average Bonchev–Trinajstić information content (AvgIpc) is 3.18. The Morgan fingerprint density at radius 3 is 2.65 bits per heavy atom. The molecule has 2 aliphatic rings. The van der Waals surface area contributed by atoms with Gasteiger partial charge in [0.15, 0.2) is 0 Å². The van der Waals surface area contributed by atoms with Crippen LogP contribution >= 0.6 is 11.3 Å². The number of amides is 1. The molecular formula is C26H34N6OS. The second-order valence-electron chi connectivity index (χ2n) is 9.84. The number of aromatic nitrogens is 2. The molecule has 0 bridgehead atoms. The monoisotopic (exact) mass is 478 g/mol. The zero-order valence-corrected chi connectivity index (χ0v) is 21.0. The van der Waals surface area contributed by atoms with Crippen molar-refractivity contribution in [3.05, 3.63) is 46.1 Å². The second-order valence-corrected chi connectivity index (χ2v) is 10.9. The number of nitrogens with one attached hydrogen (secondary N) is 1. The number of nitrogen functional groups attached to an aromatic ring is 1. The maximum Gasteiger partial charge on any atom is 0.238 e. The summed E-state index contributed by atoms with van der Waals surface area (Å²) in [6, 6.07) is 7.92. The molecule has 0 spiro atoms. The molecule has 1 aliphatic carbocycles. The van der Waals surface area contributed by atoms with Gasteiger partial charge >= 0.3 is 0 Å². The molecule has 180 valence electrons. The van der Waals surface area contributed by atoms with Crippen LogP contribution in [-0.4, -0.2) is 64.9 Å². The normalized spacial score (nSPS) is 19.3. The fourth-order valence-electron chi connectivity index (χ4n) is 5.00. The topological polar surface area (TPSA) is 87.4 Å². The van der Waals surface area contributed by atoms with E-state index in [1.807, 2.05) is 42.5 Å².